The van der Waals surface area contributed by atoms with E-state index >= 15 is 0 Å². The van der Waals surface area contributed by atoms with Gasteiger partial charge in [0.1, 0.15) is 12.5 Å². The predicted molar refractivity (Wildman–Crippen MR) is 143 cm³/mol. The summed E-state index contributed by atoms with van der Waals surface area (Å²) in [6, 6.07) is 6.46. The number of ketones is 3. The molecule has 1 saturated heterocycles. The van der Waals surface area contributed by atoms with Crippen molar-refractivity contribution in [3.63, 3.8) is 0 Å². The third-order valence-electron chi connectivity index (χ3n) is 6.94. The lowest BCUT2D eigenvalue weighted by molar-refractivity contribution is -0.144. The van der Waals surface area contributed by atoms with Crippen LogP contribution in [0.4, 0.5) is 4.39 Å². The van der Waals surface area contributed by atoms with E-state index in [-0.39, 0.29) is 42.7 Å². The van der Waals surface area contributed by atoms with Crippen LogP contribution in [0.5, 0.6) is 0 Å². The fourth-order valence-electron chi connectivity index (χ4n) is 4.82. The fraction of sp³-hybridized carbons (Fsp3) is 0.571. The van der Waals surface area contributed by atoms with E-state index in [9.17, 15) is 23.6 Å². The van der Waals surface area contributed by atoms with Gasteiger partial charge in [0.2, 0.25) is 5.91 Å². The van der Waals surface area contributed by atoms with E-state index in [0.29, 0.717) is 55.2 Å². The van der Waals surface area contributed by atoms with Crippen LogP contribution in [0, 0.1) is 17.8 Å². The number of benzene rings is 1. The quantitative estimate of drug-likeness (QED) is 0.309. The number of amides is 1. The van der Waals surface area contributed by atoms with Gasteiger partial charge in [0.25, 0.3) is 0 Å². The number of hydrogen-bond acceptors (Lipinski definition) is 6. The molecular weight excluding hydrogens is 497 g/mol. The molecule has 0 radical (unpaired) electrons. The first kappa shape index (κ1) is 30.5. The monoisotopic (exact) mass is 535 g/mol. The number of hydrogen-bond donors (Lipinski definition) is 2. The topological polar surface area (TPSA) is 110 Å². The van der Waals surface area contributed by atoms with Crippen LogP contribution in [0.2, 0.25) is 5.02 Å². The molecule has 0 unspecified atom stereocenters. The molecule has 3 atom stereocenters. The number of halogens is 2. The minimum absolute atomic E-state index is 0.0571. The van der Waals surface area contributed by atoms with Crippen LogP contribution >= 0.6 is 11.6 Å². The first-order valence-electron chi connectivity index (χ1n) is 12.9. The summed E-state index contributed by atoms with van der Waals surface area (Å²) in [5, 5.41) is 3.36. The van der Waals surface area contributed by atoms with Crippen LogP contribution in [-0.4, -0.2) is 54.0 Å². The van der Waals surface area contributed by atoms with Crippen molar-refractivity contribution in [3.8, 4) is 0 Å². The van der Waals surface area contributed by atoms with Gasteiger partial charge in [-0.2, -0.15) is 0 Å². The average Bonchev–Trinajstić information content (AvgIpc) is 3.34. The van der Waals surface area contributed by atoms with Gasteiger partial charge in [-0.05, 0) is 43.2 Å². The molecule has 9 heteroatoms. The maximum absolute atomic E-state index is 13.5. The van der Waals surface area contributed by atoms with E-state index in [4.69, 9.17) is 17.3 Å². The van der Waals surface area contributed by atoms with Gasteiger partial charge in [0, 0.05) is 49.2 Å². The van der Waals surface area contributed by atoms with Crippen molar-refractivity contribution in [2.24, 2.45) is 23.5 Å². The highest BCUT2D eigenvalue weighted by Gasteiger charge is 2.39. The molecule has 1 aliphatic rings. The molecule has 1 amide bonds. The van der Waals surface area contributed by atoms with Crippen molar-refractivity contribution in [1.82, 2.24) is 10.2 Å². The highest BCUT2D eigenvalue weighted by molar-refractivity contribution is 6.31. The SMILES string of the molecule is C=C(N)NCCC[C@H](CC(=O)[C@@H]1CCCN1C(=O)[C@@H](CC(=O)Cc1ccccc1Cl)C(C)C)C(=O)CF. The number of carbonyl (C=O) groups excluding carboxylic acids is 4. The third kappa shape index (κ3) is 9.26. The lowest BCUT2D eigenvalue weighted by Crippen LogP contribution is -2.46. The lowest BCUT2D eigenvalue weighted by atomic mass is 9.86. The maximum Gasteiger partial charge on any atom is 0.226 e. The van der Waals surface area contributed by atoms with Gasteiger partial charge >= 0.3 is 0 Å². The Bertz CT molecular complexity index is 984. The summed E-state index contributed by atoms with van der Waals surface area (Å²) in [6.07, 6.45) is 2.09. The minimum atomic E-state index is -1.13. The summed E-state index contributed by atoms with van der Waals surface area (Å²) in [4.78, 5) is 53.4. The summed E-state index contributed by atoms with van der Waals surface area (Å²) in [7, 11) is 0. The van der Waals surface area contributed by atoms with E-state index < -0.39 is 30.3 Å². The van der Waals surface area contributed by atoms with E-state index in [1.807, 2.05) is 19.9 Å². The van der Waals surface area contributed by atoms with Crippen LogP contribution in [0.1, 0.15) is 57.9 Å². The Kier molecular flexibility index (Phi) is 12.2. The summed E-state index contributed by atoms with van der Waals surface area (Å²) in [5.41, 5.74) is 6.19. The Morgan fingerprint density at radius 3 is 2.54 bits per heavy atom. The summed E-state index contributed by atoms with van der Waals surface area (Å²) in [6.45, 7) is 7.06. The Balaban J connectivity index is 2.06. The Hall–Kier alpha value is -2.74. The van der Waals surface area contributed by atoms with Crippen molar-refractivity contribution >= 4 is 34.9 Å². The third-order valence-corrected chi connectivity index (χ3v) is 7.31. The molecule has 0 aromatic heterocycles. The zero-order valence-corrected chi connectivity index (χ0v) is 22.6. The largest absolute Gasteiger partial charge is 0.386 e. The van der Waals surface area contributed by atoms with Crippen LogP contribution in [0.3, 0.4) is 0 Å². The number of alkyl halides is 1. The van der Waals surface area contributed by atoms with Gasteiger partial charge in [0.15, 0.2) is 11.6 Å². The van der Waals surface area contributed by atoms with Gasteiger partial charge in [0.05, 0.1) is 11.9 Å². The standard InChI is InChI=1S/C28H39ClFN3O4/c1-18(2)23(16-22(34)14-20-8-4-5-10-24(20)29)28(37)33-13-7-11-25(33)26(35)15-21(27(36)17-30)9-6-12-32-19(3)31/h4-5,8,10,18,21,23,25,32H,3,6-7,9,11-17,31H2,1-2H3/t21-,23+,25+/m1/s1. The Labute approximate surface area is 224 Å². The van der Waals surface area contributed by atoms with Crippen LogP contribution in [-0.2, 0) is 25.6 Å². The molecule has 3 N–H and O–H groups in total. The minimum Gasteiger partial charge on any atom is -0.386 e. The summed E-state index contributed by atoms with van der Waals surface area (Å²) in [5.74, 6) is -2.29. The zero-order valence-electron chi connectivity index (χ0n) is 21.8. The second-order valence-electron chi connectivity index (χ2n) is 10.1. The molecule has 2 rings (SSSR count). The molecule has 1 fully saturated rings. The van der Waals surface area contributed by atoms with Crippen molar-refractivity contribution in [1.29, 1.82) is 0 Å². The summed E-state index contributed by atoms with van der Waals surface area (Å²) < 4.78 is 13.2. The molecule has 204 valence electrons. The molecule has 0 spiro atoms. The summed E-state index contributed by atoms with van der Waals surface area (Å²) >= 11 is 6.19. The van der Waals surface area contributed by atoms with Gasteiger partial charge in [-0.25, -0.2) is 4.39 Å². The molecule has 0 aliphatic carbocycles. The van der Waals surface area contributed by atoms with Crippen molar-refractivity contribution in [2.75, 3.05) is 19.8 Å². The smallest absolute Gasteiger partial charge is 0.226 e. The van der Waals surface area contributed by atoms with Crippen LogP contribution < -0.4 is 11.1 Å². The van der Waals surface area contributed by atoms with E-state index in [2.05, 4.69) is 11.9 Å². The molecule has 0 bridgehead atoms. The molecule has 1 heterocycles. The molecule has 7 nitrogen and oxygen atoms in total. The highest BCUT2D eigenvalue weighted by Crippen LogP contribution is 2.28. The van der Waals surface area contributed by atoms with E-state index in [0.717, 1.165) is 0 Å². The van der Waals surface area contributed by atoms with Crippen molar-refractivity contribution < 1.29 is 23.6 Å². The number of nitrogens with one attached hydrogen (secondary N) is 1. The first-order valence-corrected chi connectivity index (χ1v) is 13.3. The second-order valence-corrected chi connectivity index (χ2v) is 10.5. The van der Waals surface area contributed by atoms with Crippen molar-refractivity contribution in [3.05, 3.63) is 47.3 Å². The number of rotatable bonds is 16. The molecule has 0 saturated carbocycles. The van der Waals surface area contributed by atoms with Gasteiger partial charge < -0.3 is 16.0 Å². The predicted octanol–water partition coefficient (Wildman–Crippen LogP) is 4.02. The van der Waals surface area contributed by atoms with E-state index in [1.165, 1.54) is 0 Å². The number of likely N-dealkylation sites (tertiary alicyclic amines) is 1. The molecule has 1 aromatic carbocycles. The average molecular weight is 536 g/mol. The number of nitrogens with zero attached hydrogens (tertiary/aromatic N) is 1. The van der Waals surface area contributed by atoms with E-state index in [1.54, 1.807) is 23.1 Å². The van der Waals surface area contributed by atoms with Gasteiger partial charge in [-0.15, -0.1) is 0 Å². The Morgan fingerprint density at radius 2 is 1.92 bits per heavy atom. The maximum atomic E-state index is 13.5. The number of nitrogens with two attached hydrogens (primary N) is 1. The molecule has 37 heavy (non-hydrogen) atoms. The molecule has 1 aromatic rings. The first-order chi connectivity index (χ1) is 17.5. The second kappa shape index (κ2) is 14.9. The van der Waals surface area contributed by atoms with Gasteiger partial charge in [-0.1, -0.05) is 50.2 Å². The number of carbonyl (C=O) groups is 4. The van der Waals surface area contributed by atoms with Crippen molar-refractivity contribution in [2.45, 2.75) is 64.8 Å². The van der Waals surface area contributed by atoms with Crippen LogP contribution in [0.15, 0.2) is 36.7 Å². The lowest BCUT2D eigenvalue weighted by Gasteiger charge is -2.30. The van der Waals surface area contributed by atoms with Crippen LogP contribution in [0.25, 0.3) is 0 Å². The molecule has 1 aliphatic heterocycles. The highest BCUT2D eigenvalue weighted by atomic mass is 35.5. The normalized spacial score (nSPS) is 16.9. The Morgan fingerprint density at radius 1 is 1.22 bits per heavy atom. The number of Topliss-reactive ketones (excluding diaryl/α,β-unsaturated/α-hetero) is 3. The fourth-order valence-corrected chi connectivity index (χ4v) is 5.02. The molecular formula is C28H39ClFN3O4. The zero-order chi connectivity index (χ0) is 27.5. The van der Waals surface area contributed by atoms with Gasteiger partial charge in [-0.3, -0.25) is 19.2 Å².